The lowest BCUT2D eigenvalue weighted by Crippen LogP contribution is -2.40. The van der Waals surface area contributed by atoms with Crippen molar-refractivity contribution in [3.8, 4) is 5.75 Å². The van der Waals surface area contributed by atoms with Gasteiger partial charge in [-0.25, -0.2) is 0 Å². The molecule has 0 saturated carbocycles. The summed E-state index contributed by atoms with van der Waals surface area (Å²) >= 11 is 6.10. The lowest BCUT2D eigenvalue weighted by Gasteiger charge is -2.27. The van der Waals surface area contributed by atoms with Crippen molar-refractivity contribution < 1.29 is 9.53 Å². The fourth-order valence-electron chi connectivity index (χ4n) is 2.93. The molecule has 4 nitrogen and oxygen atoms in total. The van der Waals surface area contributed by atoms with E-state index in [0.29, 0.717) is 10.8 Å². The van der Waals surface area contributed by atoms with E-state index in [0.717, 1.165) is 25.1 Å². The highest BCUT2D eigenvalue weighted by molar-refractivity contribution is 6.32. The number of halogens is 1. The largest absolute Gasteiger partial charge is 0.479 e. The summed E-state index contributed by atoms with van der Waals surface area (Å²) in [7, 11) is 0. The van der Waals surface area contributed by atoms with Gasteiger partial charge in [-0.3, -0.25) is 9.78 Å². The van der Waals surface area contributed by atoms with Crippen LogP contribution < -0.4 is 4.74 Å². The summed E-state index contributed by atoms with van der Waals surface area (Å²) in [6.45, 7) is 2.50. The molecular weight excluding hydrogens is 312 g/mol. The van der Waals surface area contributed by atoms with Crippen LogP contribution in [0, 0.1) is 0 Å². The normalized spacial score (nSPS) is 18.7. The standard InChI is InChI=1S/C18H19ClN2O2/c1-13(23-17-10-3-2-7-14(17)19)18(22)21-12-6-9-16(21)15-8-4-5-11-20-15/h2-5,7-8,10-11,13,16H,6,9,12H2,1H3. The van der Waals surface area contributed by atoms with Crippen molar-refractivity contribution in [1.82, 2.24) is 9.88 Å². The Bertz CT molecular complexity index is 678. The number of benzene rings is 1. The molecule has 1 aliphatic heterocycles. The van der Waals surface area contributed by atoms with Gasteiger partial charge in [-0.2, -0.15) is 0 Å². The number of rotatable bonds is 4. The molecule has 3 rings (SSSR count). The number of likely N-dealkylation sites (tertiary alicyclic amines) is 1. The summed E-state index contributed by atoms with van der Waals surface area (Å²) in [4.78, 5) is 19.0. The zero-order chi connectivity index (χ0) is 16.2. The predicted molar refractivity (Wildman–Crippen MR) is 89.5 cm³/mol. The van der Waals surface area contributed by atoms with E-state index in [2.05, 4.69) is 4.98 Å². The quantitative estimate of drug-likeness (QED) is 0.854. The summed E-state index contributed by atoms with van der Waals surface area (Å²) in [6.07, 6.45) is 3.09. The molecular formula is C18H19ClN2O2. The van der Waals surface area contributed by atoms with E-state index >= 15 is 0 Å². The Morgan fingerprint density at radius 2 is 2.09 bits per heavy atom. The number of nitrogens with zero attached hydrogens (tertiary/aromatic N) is 2. The Hall–Kier alpha value is -2.07. The number of ether oxygens (including phenoxy) is 1. The van der Waals surface area contributed by atoms with Crippen LogP contribution in [0.2, 0.25) is 5.02 Å². The highest BCUT2D eigenvalue weighted by atomic mass is 35.5. The van der Waals surface area contributed by atoms with Crippen LogP contribution in [-0.2, 0) is 4.79 Å². The van der Waals surface area contributed by atoms with Crippen LogP contribution >= 0.6 is 11.6 Å². The highest BCUT2D eigenvalue weighted by Crippen LogP contribution is 2.32. The summed E-state index contributed by atoms with van der Waals surface area (Å²) in [5.41, 5.74) is 0.934. The smallest absolute Gasteiger partial charge is 0.263 e. The van der Waals surface area contributed by atoms with Gasteiger partial charge in [0.15, 0.2) is 6.10 Å². The van der Waals surface area contributed by atoms with Crippen molar-refractivity contribution in [2.45, 2.75) is 31.9 Å². The Morgan fingerprint density at radius 1 is 1.30 bits per heavy atom. The van der Waals surface area contributed by atoms with Gasteiger partial charge in [0.1, 0.15) is 5.75 Å². The van der Waals surface area contributed by atoms with Crippen molar-refractivity contribution in [3.63, 3.8) is 0 Å². The van der Waals surface area contributed by atoms with Crippen molar-refractivity contribution in [2.75, 3.05) is 6.54 Å². The van der Waals surface area contributed by atoms with Gasteiger partial charge in [0.25, 0.3) is 5.91 Å². The van der Waals surface area contributed by atoms with Crippen LogP contribution in [0.1, 0.15) is 31.5 Å². The van der Waals surface area contributed by atoms with Crippen molar-refractivity contribution in [3.05, 3.63) is 59.4 Å². The Balaban J connectivity index is 1.73. The van der Waals surface area contributed by atoms with E-state index in [1.807, 2.05) is 35.2 Å². The summed E-state index contributed by atoms with van der Waals surface area (Å²) < 4.78 is 5.76. The molecule has 1 amide bonds. The third-order valence-electron chi connectivity index (χ3n) is 4.05. The van der Waals surface area contributed by atoms with E-state index in [9.17, 15) is 4.79 Å². The van der Waals surface area contributed by atoms with Crippen molar-refractivity contribution in [2.24, 2.45) is 0 Å². The first-order valence-electron chi connectivity index (χ1n) is 7.79. The molecule has 1 aromatic carbocycles. The van der Waals surface area contributed by atoms with E-state index in [1.54, 1.807) is 25.3 Å². The topological polar surface area (TPSA) is 42.4 Å². The molecule has 1 fully saturated rings. The first kappa shape index (κ1) is 15.8. The second-order valence-electron chi connectivity index (χ2n) is 5.63. The van der Waals surface area contributed by atoms with Gasteiger partial charge in [0.2, 0.25) is 0 Å². The number of hydrogen-bond donors (Lipinski definition) is 0. The zero-order valence-electron chi connectivity index (χ0n) is 13.0. The zero-order valence-corrected chi connectivity index (χ0v) is 13.7. The van der Waals surface area contributed by atoms with Gasteiger partial charge >= 0.3 is 0 Å². The lowest BCUT2D eigenvalue weighted by molar-refractivity contribution is -0.139. The van der Waals surface area contributed by atoms with Gasteiger partial charge in [0, 0.05) is 12.7 Å². The molecule has 120 valence electrons. The average Bonchev–Trinajstić information content (AvgIpc) is 3.06. The van der Waals surface area contributed by atoms with Gasteiger partial charge in [-0.1, -0.05) is 29.8 Å². The van der Waals surface area contributed by atoms with Crippen LogP contribution in [0.3, 0.4) is 0 Å². The Morgan fingerprint density at radius 3 is 2.83 bits per heavy atom. The first-order chi connectivity index (χ1) is 11.2. The minimum absolute atomic E-state index is 0.0287. The second-order valence-corrected chi connectivity index (χ2v) is 6.04. The molecule has 5 heteroatoms. The van der Waals surface area contributed by atoms with Crippen LogP contribution in [0.25, 0.3) is 0 Å². The maximum Gasteiger partial charge on any atom is 0.263 e. The molecule has 2 unspecified atom stereocenters. The molecule has 0 radical (unpaired) electrons. The SMILES string of the molecule is CC(Oc1ccccc1Cl)C(=O)N1CCCC1c1ccccn1. The molecule has 23 heavy (non-hydrogen) atoms. The number of pyridine rings is 1. The average molecular weight is 331 g/mol. The number of aromatic nitrogens is 1. The fourth-order valence-corrected chi connectivity index (χ4v) is 3.11. The summed E-state index contributed by atoms with van der Waals surface area (Å²) in [6, 6.07) is 13.0. The number of carbonyl (C=O) groups is 1. The molecule has 2 atom stereocenters. The second kappa shape index (κ2) is 7.01. The number of para-hydroxylation sites is 1. The monoisotopic (exact) mass is 330 g/mol. The summed E-state index contributed by atoms with van der Waals surface area (Å²) in [5.74, 6) is 0.502. The van der Waals surface area contributed by atoms with Crippen molar-refractivity contribution >= 4 is 17.5 Å². The van der Waals surface area contributed by atoms with Crippen LogP contribution in [0.15, 0.2) is 48.7 Å². The first-order valence-corrected chi connectivity index (χ1v) is 8.17. The minimum Gasteiger partial charge on any atom is -0.479 e. The highest BCUT2D eigenvalue weighted by Gasteiger charge is 2.34. The maximum absolute atomic E-state index is 12.8. The lowest BCUT2D eigenvalue weighted by atomic mass is 10.1. The number of hydrogen-bond acceptors (Lipinski definition) is 3. The molecule has 0 bridgehead atoms. The van der Waals surface area contributed by atoms with Gasteiger partial charge < -0.3 is 9.64 Å². The van der Waals surface area contributed by atoms with Gasteiger partial charge in [-0.15, -0.1) is 0 Å². The number of amides is 1. The molecule has 1 saturated heterocycles. The molecule has 1 aromatic heterocycles. The van der Waals surface area contributed by atoms with Crippen molar-refractivity contribution in [1.29, 1.82) is 0 Å². The van der Waals surface area contributed by atoms with Crippen LogP contribution in [-0.4, -0.2) is 28.4 Å². The fraction of sp³-hybridized carbons (Fsp3) is 0.333. The Labute approximate surface area is 141 Å². The summed E-state index contributed by atoms with van der Waals surface area (Å²) in [5, 5.41) is 0.509. The molecule has 0 spiro atoms. The van der Waals surface area contributed by atoms with Crippen LogP contribution in [0.4, 0.5) is 0 Å². The minimum atomic E-state index is -0.584. The number of carbonyl (C=O) groups excluding carboxylic acids is 1. The van der Waals surface area contributed by atoms with Gasteiger partial charge in [-0.05, 0) is 44.0 Å². The molecule has 1 aliphatic rings. The predicted octanol–water partition coefficient (Wildman–Crippen LogP) is 3.87. The van der Waals surface area contributed by atoms with E-state index in [-0.39, 0.29) is 11.9 Å². The Kier molecular flexibility index (Phi) is 4.82. The third kappa shape index (κ3) is 3.48. The molecule has 0 aliphatic carbocycles. The van der Waals surface area contributed by atoms with Crippen LogP contribution in [0.5, 0.6) is 5.75 Å². The van der Waals surface area contributed by atoms with E-state index < -0.39 is 6.10 Å². The molecule has 0 N–H and O–H groups in total. The molecule has 2 aromatic rings. The molecule has 2 heterocycles. The van der Waals surface area contributed by atoms with E-state index in [1.165, 1.54) is 0 Å². The third-order valence-corrected chi connectivity index (χ3v) is 4.37. The van der Waals surface area contributed by atoms with E-state index in [4.69, 9.17) is 16.3 Å². The van der Waals surface area contributed by atoms with Gasteiger partial charge in [0.05, 0.1) is 16.8 Å². The maximum atomic E-state index is 12.8.